The van der Waals surface area contributed by atoms with Gasteiger partial charge in [-0.15, -0.1) is 0 Å². The lowest BCUT2D eigenvalue weighted by Gasteiger charge is -2.46. The Hall–Kier alpha value is -2.68. The zero-order valence-corrected chi connectivity index (χ0v) is 18.3. The molecule has 7 nitrogen and oxygen atoms in total. The number of anilines is 1. The number of likely N-dealkylation sites (tertiary alicyclic amines) is 1. The molecule has 0 radical (unpaired) electrons. The van der Waals surface area contributed by atoms with Gasteiger partial charge < -0.3 is 29.9 Å². The van der Waals surface area contributed by atoms with Gasteiger partial charge in [0.2, 0.25) is 5.91 Å². The summed E-state index contributed by atoms with van der Waals surface area (Å²) in [6, 6.07) is 9.51. The number of hydrogen-bond acceptors (Lipinski definition) is 6. The van der Waals surface area contributed by atoms with Crippen molar-refractivity contribution in [1.82, 2.24) is 4.90 Å². The van der Waals surface area contributed by atoms with Gasteiger partial charge in [0.25, 0.3) is 0 Å². The molecule has 2 aliphatic rings. The van der Waals surface area contributed by atoms with Crippen LogP contribution in [0.5, 0.6) is 11.5 Å². The number of halogens is 1. The van der Waals surface area contributed by atoms with Crippen molar-refractivity contribution >= 4 is 11.6 Å². The number of rotatable bonds is 5. The van der Waals surface area contributed by atoms with Gasteiger partial charge in [0.05, 0.1) is 25.0 Å². The van der Waals surface area contributed by atoms with Gasteiger partial charge in [-0.25, -0.2) is 4.39 Å². The van der Waals surface area contributed by atoms with E-state index in [-0.39, 0.29) is 11.7 Å². The van der Waals surface area contributed by atoms with Crippen LogP contribution in [-0.2, 0) is 4.79 Å². The van der Waals surface area contributed by atoms with E-state index in [0.717, 1.165) is 0 Å². The molecule has 0 saturated carbocycles. The summed E-state index contributed by atoms with van der Waals surface area (Å²) in [5.41, 5.74) is 1.23. The lowest BCUT2D eigenvalue weighted by Crippen LogP contribution is -2.51. The number of carbonyl (C=O) groups excluding carboxylic acids is 1. The summed E-state index contributed by atoms with van der Waals surface area (Å²) in [5.74, 6) is 0.480. The molecule has 2 aromatic rings. The summed E-state index contributed by atoms with van der Waals surface area (Å²) in [7, 11) is 1.53. The fourth-order valence-corrected chi connectivity index (χ4v) is 4.63. The molecule has 1 spiro atoms. The van der Waals surface area contributed by atoms with Crippen LogP contribution in [0.4, 0.5) is 10.1 Å². The molecule has 0 aromatic heterocycles. The number of piperidine rings is 1. The maximum atomic E-state index is 13.5. The number of methoxy groups -OCH3 is 1. The van der Waals surface area contributed by atoms with Crippen LogP contribution in [0.2, 0.25) is 0 Å². The molecule has 0 bridgehead atoms. The van der Waals surface area contributed by atoms with Crippen molar-refractivity contribution < 1.29 is 28.9 Å². The van der Waals surface area contributed by atoms with E-state index in [9.17, 15) is 19.4 Å². The van der Waals surface area contributed by atoms with Gasteiger partial charge in [0.15, 0.2) is 0 Å². The van der Waals surface area contributed by atoms with Crippen molar-refractivity contribution in [3.63, 3.8) is 0 Å². The third-order valence-electron chi connectivity index (χ3n) is 6.34. The number of β-amino-alcohol motifs (C(OH)–C–C–N with tert-alkyl or cyclic N) is 1. The second-order valence-electron chi connectivity index (χ2n) is 8.64. The summed E-state index contributed by atoms with van der Waals surface area (Å²) in [6.07, 6.45) is 0.348. The molecule has 172 valence electrons. The topological polar surface area (TPSA) is 91.3 Å². The number of amides is 1. The molecule has 2 aliphatic heterocycles. The zero-order valence-electron chi connectivity index (χ0n) is 18.3. The molecule has 2 aromatic carbocycles. The Morgan fingerprint density at radius 2 is 2.06 bits per heavy atom. The molecular weight excluding hydrogens is 415 g/mol. The minimum absolute atomic E-state index is 0.213. The summed E-state index contributed by atoms with van der Waals surface area (Å²) < 4.78 is 25.0. The van der Waals surface area contributed by atoms with E-state index in [0.29, 0.717) is 67.2 Å². The molecule has 32 heavy (non-hydrogen) atoms. The number of carbonyl (C=O) groups is 1. The van der Waals surface area contributed by atoms with Crippen molar-refractivity contribution in [2.75, 3.05) is 32.1 Å². The smallest absolute Gasteiger partial charge is 0.221 e. The van der Waals surface area contributed by atoms with Crippen LogP contribution in [0.1, 0.15) is 49.5 Å². The first-order valence-corrected chi connectivity index (χ1v) is 10.8. The summed E-state index contributed by atoms with van der Waals surface area (Å²) in [5, 5.41) is 24.1. The maximum Gasteiger partial charge on any atom is 0.221 e. The second kappa shape index (κ2) is 9.05. The zero-order chi connectivity index (χ0) is 22.9. The van der Waals surface area contributed by atoms with E-state index in [1.165, 1.54) is 26.2 Å². The van der Waals surface area contributed by atoms with Crippen LogP contribution in [-0.4, -0.2) is 53.4 Å². The normalized spacial score (nSPS) is 20.8. The first-order chi connectivity index (χ1) is 15.3. The Balaban J connectivity index is 1.39. The van der Waals surface area contributed by atoms with Crippen LogP contribution < -0.4 is 14.8 Å². The molecule has 0 aliphatic carbocycles. The second-order valence-corrected chi connectivity index (χ2v) is 8.64. The van der Waals surface area contributed by atoms with E-state index in [4.69, 9.17) is 9.47 Å². The average molecular weight is 445 g/mol. The van der Waals surface area contributed by atoms with Crippen LogP contribution >= 0.6 is 0 Å². The number of ether oxygens (including phenoxy) is 2. The monoisotopic (exact) mass is 444 g/mol. The van der Waals surface area contributed by atoms with Crippen molar-refractivity contribution in [3.05, 3.63) is 53.3 Å². The van der Waals surface area contributed by atoms with Gasteiger partial charge in [-0.1, -0.05) is 6.07 Å². The molecule has 1 saturated heterocycles. The molecule has 2 heterocycles. The number of aliphatic hydroxyl groups is 2. The van der Waals surface area contributed by atoms with Crippen molar-refractivity contribution in [2.24, 2.45) is 0 Å². The highest BCUT2D eigenvalue weighted by Gasteiger charge is 2.43. The number of nitrogens with zero attached hydrogens (tertiary/aromatic N) is 1. The first kappa shape index (κ1) is 22.5. The van der Waals surface area contributed by atoms with Gasteiger partial charge in [-0.05, 0) is 48.7 Å². The third-order valence-corrected chi connectivity index (χ3v) is 6.34. The molecule has 4 rings (SSSR count). The Kier molecular flexibility index (Phi) is 6.37. The highest BCUT2D eigenvalue weighted by Crippen LogP contribution is 2.44. The molecular formula is C24H29FN2O5. The fraction of sp³-hybridized carbons (Fsp3) is 0.458. The Labute approximate surface area is 186 Å². The highest BCUT2D eigenvalue weighted by molar-refractivity contribution is 5.90. The molecule has 0 unspecified atom stereocenters. The van der Waals surface area contributed by atoms with Gasteiger partial charge in [-0.2, -0.15) is 0 Å². The van der Waals surface area contributed by atoms with Crippen molar-refractivity contribution in [3.8, 4) is 11.5 Å². The third kappa shape index (κ3) is 4.72. The van der Waals surface area contributed by atoms with Gasteiger partial charge in [-0.3, -0.25) is 4.79 Å². The Bertz CT molecular complexity index is 990. The lowest BCUT2D eigenvalue weighted by molar-refractivity contribution is -0.114. The van der Waals surface area contributed by atoms with Gasteiger partial charge >= 0.3 is 0 Å². The van der Waals surface area contributed by atoms with Crippen LogP contribution in [0.3, 0.4) is 0 Å². The van der Waals surface area contributed by atoms with Crippen LogP contribution in [0.15, 0.2) is 36.4 Å². The van der Waals surface area contributed by atoms with Crippen LogP contribution in [0, 0.1) is 5.82 Å². The summed E-state index contributed by atoms with van der Waals surface area (Å²) >= 11 is 0. The minimum Gasteiger partial charge on any atom is -0.495 e. The minimum atomic E-state index is -0.752. The lowest BCUT2D eigenvalue weighted by atomic mass is 9.81. The number of benzene rings is 2. The van der Waals surface area contributed by atoms with E-state index in [1.807, 2.05) is 0 Å². The van der Waals surface area contributed by atoms with E-state index in [1.54, 1.807) is 24.3 Å². The SMILES string of the molecule is COc1ccc([C@H](O)CN2CCC3(CC2)C[C@@H](O)c2cc(F)ccc2O3)cc1NC(C)=O. The molecule has 2 atom stereocenters. The van der Waals surface area contributed by atoms with Gasteiger partial charge in [0, 0.05) is 38.5 Å². The maximum absolute atomic E-state index is 13.5. The number of aliphatic hydroxyl groups excluding tert-OH is 2. The molecule has 8 heteroatoms. The summed E-state index contributed by atoms with van der Waals surface area (Å²) in [6.45, 7) is 3.27. The largest absolute Gasteiger partial charge is 0.495 e. The van der Waals surface area contributed by atoms with E-state index >= 15 is 0 Å². The van der Waals surface area contributed by atoms with Crippen molar-refractivity contribution in [1.29, 1.82) is 0 Å². The van der Waals surface area contributed by atoms with E-state index in [2.05, 4.69) is 10.2 Å². The first-order valence-electron chi connectivity index (χ1n) is 10.8. The predicted molar refractivity (Wildman–Crippen MR) is 117 cm³/mol. The predicted octanol–water partition coefficient (Wildman–Crippen LogP) is 3.18. The quantitative estimate of drug-likeness (QED) is 0.656. The molecule has 1 amide bonds. The summed E-state index contributed by atoms with van der Waals surface area (Å²) in [4.78, 5) is 13.6. The standard InChI is InChI=1S/C24H29FN2O5/c1-15(28)26-19-11-16(3-5-23(19)31-2)21(30)14-27-9-7-24(8-10-27)13-20(29)18-12-17(25)4-6-22(18)32-24/h3-6,11-12,20-21,29-30H,7-10,13-14H2,1-2H3,(H,26,28)/t20-,21-/m1/s1. The van der Waals surface area contributed by atoms with E-state index < -0.39 is 17.8 Å². The van der Waals surface area contributed by atoms with Crippen molar-refractivity contribution in [2.45, 2.75) is 44.0 Å². The van der Waals surface area contributed by atoms with Crippen LogP contribution in [0.25, 0.3) is 0 Å². The number of nitrogens with one attached hydrogen (secondary N) is 1. The Morgan fingerprint density at radius 3 is 2.75 bits per heavy atom. The Morgan fingerprint density at radius 1 is 1.31 bits per heavy atom. The highest BCUT2D eigenvalue weighted by atomic mass is 19.1. The number of hydrogen-bond donors (Lipinski definition) is 3. The number of fused-ring (bicyclic) bond motifs is 1. The molecule has 3 N–H and O–H groups in total. The fourth-order valence-electron chi connectivity index (χ4n) is 4.63. The average Bonchev–Trinajstić information content (AvgIpc) is 2.76. The van der Waals surface area contributed by atoms with Gasteiger partial charge in [0.1, 0.15) is 22.9 Å². The molecule has 1 fully saturated rings.